The SMILES string of the molecule is CCC1(C(=O)O)CCN(C(=O)NCCN2CCCC2)CC1. The monoisotopic (exact) mass is 297 g/mol. The van der Waals surface area contributed by atoms with Crippen LogP contribution < -0.4 is 5.32 Å². The van der Waals surface area contributed by atoms with Gasteiger partial charge in [-0.1, -0.05) is 6.92 Å². The van der Waals surface area contributed by atoms with Gasteiger partial charge in [-0.05, 0) is 45.2 Å². The molecule has 2 heterocycles. The molecule has 0 spiro atoms. The molecule has 0 radical (unpaired) electrons. The van der Waals surface area contributed by atoms with Crippen molar-refractivity contribution in [3.8, 4) is 0 Å². The van der Waals surface area contributed by atoms with Crippen LogP contribution in [0.1, 0.15) is 39.0 Å². The number of piperidine rings is 1. The Morgan fingerprint density at radius 2 is 1.76 bits per heavy atom. The Morgan fingerprint density at radius 3 is 2.29 bits per heavy atom. The molecule has 0 aromatic carbocycles. The second-order valence-corrected chi connectivity index (χ2v) is 6.21. The van der Waals surface area contributed by atoms with E-state index in [2.05, 4.69) is 10.2 Å². The first-order valence-electron chi connectivity index (χ1n) is 8.06. The number of hydrogen-bond acceptors (Lipinski definition) is 3. The lowest BCUT2D eigenvalue weighted by Gasteiger charge is -2.38. The summed E-state index contributed by atoms with van der Waals surface area (Å²) in [5, 5.41) is 12.3. The number of nitrogens with one attached hydrogen (secondary N) is 1. The number of carboxylic acids is 1. The minimum atomic E-state index is -0.723. The zero-order valence-electron chi connectivity index (χ0n) is 12.9. The summed E-state index contributed by atoms with van der Waals surface area (Å²) in [6, 6.07) is -0.0516. The van der Waals surface area contributed by atoms with E-state index in [1.54, 1.807) is 4.90 Å². The van der Waals surface area contributed by atoms with E-state index in [9.17, 15) is 14.7 Å². The molecule has 6 heteroatoms. The number of amides is 2. The van der Waals surface area contributed by atoms with E-state index in [-0.39, 0.29) is 6.03 Å². The van der Waals surface area contributed by atoms with Crippen LogP contribution >= 0.6 is 0 Å². The number of rotatable bonds is 5. The van der Waals surface area contributed by atoms with Crippen LogP contribution in [0.5, 0.6) is 0 Å². The van der Waals surface area contributed by atoms with Gasteiger partial charge in [0.05, 0.1) is 5.41 Å². The van der Waals surface area contributed by atoms with Gasteiger partial charge in [-0.25, -0.2) is 4.79 Å². The van der Waals surface area contributed by atoms with Crippen molar-refractivity contribution in [2.75, 3.05) is 39.3 Å². The Hall–Kier alpha value is -1.30. The second kappa shape index (κ2) is 7.11. The van der Waals surface area contributed by atoms with E-state index < -0.39 is 11.4 Å². The smallest absolute Gasteiger partial charge is 0.317 e. The van der Waals surface area contributed by atoms with Gasteiger partial charge in [0.1, 0.15) is 0 Å². The summed E-state index contributed by atoms with van der Waals surface area (Å²) in [5.74, 6) is -0.723. The second-order valence-electron chi connectivity index (χ2n) is 6.21. The van der Waals surface area contributed by atoms with Crippen LogP contribution in [0.3, 0.4) is 0 Å². The topological polar surface area (TPSA) is 72.9 Å². The third kappa shape index (κ3) is 3.87. The van der Waals surface area contributed by atoms with Gasteiger partial charge in [-0.3, -0.25) is 4.79 Å². The standard InChI is InChI=1S/C15H27N3O3/c1-2-15(13(19)20)5-10-18(11-6-15)14(21)16-7-12-17-8-3-4-9-17/h2-12H2,1H3,(H,16,21)(H,19,20). The van der Waals surface area contributed by atoms with Crippen molar-refractivity contribution in [1.29, 1.82) is 0 Å². The fourth-order valence-corrected chi connectivity index (χ4v) is 3.30. The molecule has 2 aliphatic heterocycles. The van der Waals surface area contributed by atoms with E-state index in [4.69, 9.17) is 0 Å². The lowest BCUT2D eigenvalue weighted by atomic mass is 9.76. The molecule has 0 atom stereocenters. The van der Waals surface area contributed by atoms with E-state index in [1.807, 2.05) is 6.92 Å². The summed E-state index contributed by atoms with van der Waals surface area (Å²) in [6.45, 7) is 6.85. The first-order valence-corrected chi connectivity index (χ1v) is 8.06. The molecule has 0 bridgehead atoms. The summed E-state index contributed by atoms with van der Waals surface area (Å²) >= 11 is 0. The number of urea groups is 1. The Kier molecular flexibility index (Phi) is 5.45. The Bertz CT molecular complexity index is 372. The van der Waals surface area contributed by atoms with Gasteiger partial charge >= 0.3 is 12.0 Å². The molecule has 0 aromatic heterocycles. The van der Waals surface area contributed by atoms with E-state index in [0.717, 1.165) is 19.6 Å². The van der Waals surface area contributed by atoms with Gasteiger partial charge in [0.15, 0.2) is 0 Å². The average Bonchev–Trinajstić information content (AvgIpc) is 3.00. The number of nitrogens with zero attached hydrogens (tertiary/aromatic N) is 2. The lowest BCUT2D eigenvalue weighted by molar-refractivity contribution is -0.151. The molecule has 2 N–H and O–H groups in total. The Morgan fingerprint density at radius 1 is 1.14 bits per heavy atom. The molecular formula is C15H27N3O3. The maximum Gasteiger partial charge on any atom is 0.317 e. The first kappa shape index (κ1) is 16.1. The van der Waals surface area contributed by atoms with Crippen LogP contribution in [0.2, 0.25) is 0 Å². The molecule has 0 saturated carbocycles. The van der Waals surface area contributed by atoms with Crippen molar-refractivity contribution in [3.63, 3.8) is 0 Å². The summed E-state index contributed by atoms with van der Waals surface area (Å²) in [6.07, 6.45) is 4.26. The maximum atomic E-state index is 12.1. The van der Waals surface area contributed by atoms with Gasteiger partial charge < -0.3 is 20.2 Å². The molecule has 2 rings (SSSR count). The van der Waals surface area contributed by atoms with Crippen LogP contribution in [-0.2, 0) is 4.79 Å². The molecule has 0 aliphatic carbocycles. The minimum Gasteiger partial charge on any atom is -0.481 e. The summed E-state index contributed by atoms with van der Waals surface area (Å²) in [4.78, 5) is 27.6. The largest absolute Gasteiger partial charge is 0.481 e. The molecule has 21 heavy (non-hydrogen) atoms. The summed E-state index contributed by atoms with van der Waals surface area (Å²) in [7, 11) is 0. The molecule has 0 aromatic rings. The molecule has 0 unspecified atom stereocenters. The number of hydrogen-bond donors (Lipinski definition) is 2. The third-order valence-corrected chi connectivity index (χ3v) is 5.04. The van der Waals surface area contributed by atoms with E-state index in [1.165, 1.54) is 12.8 Å². The molecule has 6 nitrogen and oxygen atoms in total. The normalized spacial score (nSPS) is 22.2. The van der Waals surface area contributed by atoms with Gasteiger partial charge in [-0.2, -0.15) is 0 Å². The molecule has 2 aliphatic rings. The zero-order valence-corrected chi connectivity index (χ0v) is 12.9. The van der Waals surface area contributed by atoms with Crippen LogP contribution in [0.15, 0.2) is 0 Å². The van der Waals surface area contributed by atoms with Crippen molar-refractivity contribution in [1.82, 2.24) is 15.1 Å². The van der Waals surface area contributed by atoms with Crippen molar-refractivity contribution in [3.05, 3.63) is 0 Å². The van der Waals surface area contributed by atoms with Crippen molar-refractivity contribution in [2.45, 2.75) is 39.0 Å². The predicted molar refractivity (Wildman–Crippen MR) is 80.2 cm³/mol. The zero-order chi connectivity index (χ0) is 15.3. The highest BCUT2D eigenvalue weighted by Gasteiger charge is 2.40. The highest BCUT2D eigenvalue weighted by atomic mass is 16.4. The molecule has 2 saturated heterocycles. The van der Waals surface area contributed by atoms with E-state index >= 15 is 0 Å². The van der Waals surface area contributed by atoms with Crippen LogP contribution in [0.4, 0.5) is 4.79 Å². The van der Waals surface area contributed by atoms with Crippen molar-refractivity contribution in [2.24, 2.45) is 5.41 Å². The van der Waals surface area contributed by atoms with Crippen molar-refractivity contribution >= 4 is 12.0 Å². The predicted octanol–water partition coefficient (Wildman–Crippen LogP) is 1.37. The Balaban J connectivity index is 1.71. The maximum absolute atomic E-state index is 12.1. The van der Waals surface area contributed by atoms with Gasteiger partial charge in [0.2, 0.25) is 0 Å². The third-order valence-electron chi connectivity index (χ3n) is 5.04. The molecule has 2 amide bonds. The van der Waals surface area contributed by atoms with Gasteiger partial charge in [0.25, 0.3) is 0 Å². The van der Waals surface area contributed by atoms with Crippen LogP contribution in [0, 0.1) is 5.41 Å². The van der Waals surface area contributed by atoms with E-state index in [0.29, 0.717) is 38.9 Å². The lowest BCUT2D eigenvalue weighted by Crippen LogP contribution is -2.50. The number of likely N-dealkylation sites (tertiary alicyclic amines) is 2. The molecule has 2 fully saturated rings. The first-order chi connectivity index (χ1) is 10.1. The Labute approximate surface area is 126 Å². The molecule has 120 valence electrons. The van der Waals surface area contributed by atoms with Crippen molar-refractivity contribution < 1.29 is 14.7 Å². The van der Waals surface area contributed by atoms with Crippen LogP contribution in [0.25, 0.3) is 0 Å². The summed E-state index contributed by atoms with van der Waals surface area (Å²) < 4.78 is 0. The van der Waals surface area contributed by atoms with Gasteiger partial charge in [-0.15, -0.1) is 0 Å². The minimum absolute atomic E-state index is 0.0516. The molecular weight excluding hydrogens is 270 g/mol. The fourth-order valence-electron chi connectivity index (χ4n) is 3.30. The highest BCUT2D eigenvalue weighted by molar-refractivity contribution is 5.77. The van der Waals surface area contributed by atoms with Crippen LogP contribution in [-0.4, -0.2) is 66.2 Å². The fraction of sp³-hybridized carbons (Fsp3) is 0.867. The highest BCUT2D eigenvalue weighted by Crippen LogP contribution is 2.35. The number of carbonyl (C=O) groups is 2. The number of carboxylic acid groups (broad SMARTS) is 1. The number of carbonyl (C=O) groups excluding carboxylic acids is 1. The number of aliphatic carboxylic acids is 1. The quantitative estimate of drug-likeness (QED) is 0.804. The average molecular weight is 297 g/mol. The summed E-state index contributed by atoms with van der Waals surface area (Å²) in [5.41, 5.74) is -0.633. The van der Waals surface area contributed by atoms with Gasteiger partial charge in [0, 0.05) is 26.2 Å².